The fourth-order valence-electron chi connectivity index (χ4n) is 2.24. The number of carbonyl (C=O) groups is 1. The Morgan fingerprint density at radius 3 is 2.93 bits per heavy atom. The first-order valence-corrected chi connectivity index (χ1v) is 6.17. The molecule has 0 saturated carbocycles. The van der Waals surface area contributed by atoms with Gasteiger partial charge >= 0.3 is 0 Å². The third-order valence-electron chi connectivity index (χ3n) is 3.10. The molecular weight excluding hydrogens is 188 g/mol. The minimum Gasteiger partial charge on any atom is -0.353 e. The van der Waals surface area contributed by atoms with Crippen LogP contribution in [0.3, 0.4) is 0 Å². The third kappa shape index (κ3) is 4.20. The van der Waals surface area contributed by atoms with Gasteiger partial charge < -0.3 is 10.6 Å². The van der Waals surface area contributed by atoms with Gasteiger partial charge in [0.1, 0.15) is 0 Å². The molecule has 15 heavy (non-hydrogen) atoms. The lowest BCUT2D eigenvalue weighted by Crippen LogP contribution is -2.44. The van der Waals surface area contributed by atoms with Crippen molar-refractivity contribution in [1.82, 2.24) is 10.6 Å². The molecule has 3 heteroatoms. The van der Waals surface area contributed by atoms with E-state index in [2.05, 4.69) is 31.4 Å². The first-order chi connectivity index (χ1) is 7.13. The molecule has 1 aliphatic rings. The second kappa shape index (κ2) is 6.11. The molecule has 1 amide bonds. The lowest BCUT2D eigenvalue weighted by Gasteiger charge is -2.28. The zero-order valence-electron chi connectivity index (χ0n) is 10.2. The molecule has 3 atom stereocenters. The summed E-state index contributed by atoms with van der Waals surface area (Å²) in [4.78, 5) is 11.9. The van der Waals surface area contributed by atoms with Crippen molar-refractivity contribution in [2.45, 2.75) is 58.5 Å². The van der Waals surface area contributed by atoms with Crippen LogP contribution >= 0.6 is 0 Å². The Hall–Kier alpha value is -0.570. The van der Waals surface area contributed by atoms with Gasteiger partial charge in [0.15, 0.2) is 0 Å². The number of hydrogen-bond donors (Lipinski definition) is 2. The molecule has 1 saturated heterocycles. The molecule has 0 spiro atoms. The number of rotatable bonds is 4. The van der Waals surface area contributed by atoms with Crippen molar-refractivity contribution in [1.29, 1.82) is 0 Å². The topological polar surface area (TPSA) is 41.1 Å². The molecule has 1 heterocycles. The first kappa shape index (κ1) is 12.5. The van der Waals surface area contributed by atoms with Gasteiger partial charge in [-0.15, -0.1) is 0 Å². The summed E-state index contributed by atoms with van der Waals surface area (Å²) in [5.74, 6) is 0.477. The van der Waals surface area contributed by atoms with E-state index in [4.69, 9.17) is 0 Å². The normalized spacial score (nSPS) is 28.5. The fraction of sp³-hybridized carbons (Fsp3) is 0.917. The molecule has 0 aromatic rings. The summed E-state index contributed by atoms with van der Waals surface area (Å²) in [6.45, 7) is 7.36. The smallest absolute Gasteiger partial charge is 0.223 e. The summed E-state index contributed by atoms with van der Waals surface area (Å²) in [5.41, 5.74) is 0. The van der Waals surface area contributed by atoms with Crippen LogP contribution in [0.4, 0.5) is 0 Å². The minimum atomic E-state index is 0.223. The maximum atomic E-state index is 11.9. The Morgan fingerprint density at radius 1 is 1.60 bits per heavy atom. The molecule has 2 N–H and O–H groups in total. The lowest BCUT2D eigenvalue weighted by molar-refractivity contribution is -0.126. The zero-order valence-corrected chi connectivity index (χ0v) is 10.2. The van der Waals surface area contributed by atoms with Gasteiger partial charge in [0.05, 0.1) is 0 Å². The Kier molecular flexibility index (Phi) is 5.09. The van der Waals surface area contributed by atoms with Crippen LogP contribution in [-0.4, -0.2) is 24.5 Å². The van der Waals surface area contributed by atoms with Crippen molar-refractivity contribution >= 4 is 5.91 Å². The van der Waals surface area contributed by atoms with Crippen LogP contribution in [0.1, 0.15) is 46.5 Å². The van der Waals surface area contributed by atoms with E-state index < -0.39 is 0 Å². The van der Waals surface area contributed by atoms with E-state index in [0.717, 1.165) is 32.2 Å². The van der Waals surface area contributed by atoms with E-state index in [9.17, 15) is 4.79 Å². The molecule has 1 rings (SSSR count). The van der Waals surface area contributed by atoms with E-state index >= 15 is 0 Å². The summed E-state index contributed by atoms with van der Waals surface area (Å²) in [6, 6.07) is 0.809. The fourth-order valence-corrected chi connectivity index (χ4v) is 2.24. The van der Waals surface area contributed by atoms with Crippen molar-refractivity contribution in [3.63, 3.8) is 0 Å². The Labute approximate surface area is 93.0 Å². The third-order valence-corrected chi connectivity index (χ3v) is 3.10. The van der Waals surface area contributed by atoms with Crippen LogP contribution in [0.5, 0.6) is 0 Å². The van der Waals surface area contributed by atoms with Crippen molar-refractivity contribution in [3.05, 3.63) is 0 Å². The number of piperidine rings is 1. The molecule has 88 valence electrons. The molecule has 1 aliphatic heterocycles. The number of carbonyl (C=O) groups excluding carboxylic acids is 1. The van der Waals surface area contributed by atoms with Gasteiger partial charge in [-0.1, -0.05) is 13.3 Å². The molecule has 0 aromatic carbocycles. The highest BCUT2D eigenvalue weighted by Crippen LogP contribution is 2.16. The Balaban J connectivity index is 2.32. The van der Waals surface area contributed by atoms with Gasteiger partial charge in [-0.25, -0.2) is 0 Å². The predicted octanol–water partition coefficient (Wildman–Crippen LogP) is 1.68. The lowest BCUT2D eigenvalue weighted by atomic mass is 9.92. The molecule has 3 nitrogen and oxygen atoms in total. The van der Waals surface area contributed by atoms with Crippen molar-refractivity contribution in [3.8, 4) is 0 Å². The Bertz CT molecular complexity index is 206. The zero-order chi connectivity index (χ0) is 11.3. The monoisotopic (exact) mass is 212 g/mol. The van der Waals surface area contributed by atoms with Crippen LogP contribution in [0.15, 0.2) is 0 Å². The maximum absolute atomic E-state index is 11.9. The second-order valence-electron chi connectivity index (χ2n) is 4.77. The maximum Gasteiger partial charge on any atom is 0.223 e. The summed E-state index contributed by atoms with van der Waals surface area (Å²) < 4.78 is 0. The van der Waals surface area contributed by atoms with Crippen LogP contribution in [-0.2, 0) is 4.79 Å². The summed E-state index contributed by atoms with van der Waals surface area (Å²) in [7, 11) is 0. The molecule has 3 unspecified atom stereocenters. The van der Waals surface area contributed by atoms with E-state index in [-0.39, 0.29) is 11.8 Å². The summed E-state index contributed by atoms with van der Waals surface area (Å²) in [6.07, 6.45) is 4.16. The van der Waals surface area contributed by atoms with Crippen LogP contribution in [0, 0.1) is 5.92 Å². The SMILES string of the molecule is CCCC(C)NC(=O)C1CCNC(C)C1. The number of nitrogens with one attached hydrogen (secondary N) is 2. The van der Waals surface area contributed by atoms with Crippen molar-refractivity contribution in [2.24, 2.45) is 5.92 Å². The largest absolute Gasteiger partial charge is 0.353 e. The molecule has 0 aliphatic carbocycles. The van der Waals surface area contributed by atoms with Gasteiger partial charge in [0, 0.05) is 18.0 Å². The van der Waals surface area contributed by atoms with Crippen molar-refractivity contribution < 1.29 is 4.79 Å². The van der Waals surface area contributed by atoms with E-state index in [0.29, 0.717) is 12.1 Å². The highest BCUT2D eigenvalue weighted by atomic mass is 16.1. The molecule has 1 fully saturated rings. The molecule has 0 radical (unpaired) electrons. The number of amides is 1. The van der Waals surface area contributed by atoms with Crippen LogP contribution < -0.4 is 10.6 Å². The predicted molar refractivity (Wildman–Crippen MR) is 62.7 cm³/mol. The van der Waals surface area contributed by atoms with Crippen LogP contribution in [0.25, 0.3) is 0 Å². The highest BCUT2D eigenvalue weighted by molar-refractivity contribution is 5.79. The van der Waals surface area contributed by atoms with Gasteiger partial charge in [-0.3, -0.25) is 4.79 Å². The average molecular weight is 212 g/mol. The minimum absolute atomic E-state index is 0.223. The summed E-state index contributed by atoms with van der Waals surface area (Å²) >= 11 is 0. The van der Waals surface area contributed by atoms with E-state index in [1.54, 1.807) is 0 Å². The average Bonchev–Trinajstić information content (AvgIpc) is 2.18. The molecule has 0 aromatic heterocycles. The van der Waals surface area contributed by atoms with Crippen molar-refractivity contribution in [2.75, 3.05) is 6.54 Å². The van der Waals surface area contributed by atoms with E-state index in [1.807, 2.05) is 0 Å². The van der Waals surface area contributed by atoms with Crippen LogP contribution in [0.2, 0.25) is 0 Å². The first-order valence-electron chi connectivity index (χ1n) is 6.17. The highest BCUT2D eigenvalue weighted by Gasteiger charge is 2.25. The standard InChI is InChI=1S/C12H24N2O/c1-4-5-9(2)14-12(15)11-6-7-13-10(3)8-11/h9-11,13H,4-8H2,1-3H3,(H,14,15). The quantitative estimate of drug-likeness (QED) is 0.744. The molecular formula is C12H24N2O. The Morgan fingerprint density at radius 2 is 2.33 bits per heavy atom. The van der Waals surface area contributed by atoms with Gasteiger partial charge in [0.2, 0.25) is 5.91 Å². The van der Waals surface area contributed by atoms with Gasteiger partial charge in [-0.05, 0) is 39.7 Å². The number of hydrogen-bond acceptors (Lipinski definition) is 2. The van der Waals surface area contributed by atoms with E-state index in [1.165, 1.54) is 0 Å². The second-order valence-corrected chi connectivity index (χ2v) is 4.77. The van der Waals surface area contributed by atoms with Gasteiger partial charge in [-0.2, -0.15) is 0 Å². The summed E-state index contributed by atoms with van der Waals surface area (Å²) in [5, 5.41) is 6.47. The molecule has 0 bridgehead atoms. The van der Waals surface area contributed by atoms with Gasteiger partial charge in [0.25, 0.3) is 0 Å².